The van der Waals surface area contributed by atoms with Gasteiger partial charge in [-0.1, -0.05) is 18.1 Å². The van der Waals surface area contributed by atoms with Crippen molar-refractivity contribution in [1.29, 1.82) is 0 Å². The first-order chi connectivity index (χ1) is 10.3. The standard InChI is InChI=1S/C14H13F3N2O3/c1-2-7-18-13(21)10-5-3-4-6-11(10)19-12(20)8-22-9-14(15,16)17/h1,3-6H,7-9H2,(H,18,21)(H,19,20). The minimum atomic E-state index is -4.51. The van der Waals surface area contributed by atoms with Gasteiger partial charge in [-0.05, 0) is 12.1 Å². The first-order valence-electron chi connectivity index (χ1n) is 6.08. The van der Waals surface area contributed by atoms with Crippen LogP contribution < -0.4 is 10.6 Å². The van der Waals surface area contributed by atoms with Crippen molar-refractivity contribution in [3.63, 3.8) is 0 Å². The second-order valence-corrected chi connectivity index (χ2v) is 4.09. The molecule has 22 heavy (non-hydrogen) atoms. The zero-order chi connectivity index (χ0) is 16.6. The maximum Gasteiger partial charge on any atom is 0.411 e. The lowest BCUT2D eigenvalue weighted by Crippen LogP contribution is -2.27. The van der Waals surface area contributed by atoms with Crippen molar-refractivity contribution in [3.05, 3.63) is 29.8 Å². The normalized spacial score (nSPS) is 10.6. The van der Waals surface area contributed by atoms with Gasteiger partial charge in [-0.3, -0.25) is 9.59 Å². The Morgan fingerprint density at radius 2 is 1.95 bits per heavy atom. The minimum Gasteiger partial charge on any atom is -0.362 e. The third kappa shape index (κ3) is 6.28. The van der Waals surface area contributed by atoms with E-state index in [4.69, 9.17) is 6.42 Å². The third-order valence-corrected chi connectivity index (χ3v) is 2.30. The molecule has 0 heterocycles. The van der Waals surface area contributed by atoms with Crippen LogP contribution in [0, 0.1) is 12.3 Å². The summed E-state index contributed by atoms with van der Waals surface area (Å²) in [5.41, 5.74) is 0.291. The zero-order valence-electron chi connectivity index (χ0n) is 11.4. The van der Waals surface area contributed by atoms with Gasteiger partial charge in [-0.25, -0.2) is 0 Å². The van der Waals surface area contributed by atoms with E-state index in [0.29, 0.717) is 0 Å². The Kier molecular flexibility index (Phi) is 6.41. The van der Waals surface area contributed by atoms with E-state index in [9.17, 15) is 22.8 Å². The Morgan fingerprint density at radius 1 is 1.27 bits per heavy atom. The van der Waals surface area contributed by atoms with Crippen molar-refractivity contribution in [2.45, 2.75) is 6.18 Å². The highest BCUT2D eigenvalue weighted by atomic mass is 19.4. The summed E-state index contributed by atoms with van der Waals surface area (Å²) in [4.78, 5) is 23.3. The van der Waals surface area contributed by atoms with Crippen molar-refractivity contribution in [3.8, 4) is 12.3 Å². The first kappa shape index (κ1) is 17.5. The molecule has 1 aromatic rings. The summed E-state index contributed by atoms with van der Waals surface area (Å²) in [6.45, 7) is -2.29. The minimum absolute atomic E-state index is 0.00973. The van der Waals surface area contributed by atoms with Crippen LogP contribution in [0.15, 0.2) is 24.3 Å². The average Bonchev–Trinajstić information content (AvgIpc) is 2.44. The smallest absolute Gasteiger partial charge is 0.362 e. The molecule has 0 saturated heterocycles. The van der Waals surface area contributed by atoms with Crippen LogP contribution in [0.3, 0.4) is 0 Å². The largest absolute Gasteiger partial charge is 0.411 e. The highest BCUT2D eigenvalue weighted by Gasteiger charge is 2.27. The molecule has 2 N–H and O–H groups in total. The molecular formula is C14H13F3N2O3. The predicted octanol–water partition coefficient (Wildman–Crippen LogP) is 1.57. The molecule has 0 saturated carbocycles. The molecule has 2 amide bonds. The Balaban J connectivity index is 2.64. The van der Waals surface area contributed by atoms with Gasteiger partial charge < -0.3 is 15.4 Å². The number of alkyl halides is 3. The van der Waals surface area contributed by atoms with Crippen LogP contribution in [0.4, 0.5) is 18.9 Å². The number of hydrogen-bond acceptors (Lipinski definition) is 3. The summed E-state index contributed by atoms with van der Waals surface area (Å²) in [6.07, 6.45) is 0.514. The van der Waals surface area contributed by atoms with Crippen molar-refractivity contribution in [1.82, 2.24) is 5.32 Å². The van der Waals surface area contributed by atoms with E-state index < -0.39 is 31.2 Å². The van der Waals surface area contributed by atoms with Gasteiger partial charge in [-0.15, -0.1) is 6.42 Å². The maximum atomic E-state index is 11.9. The molecule has 0 aliphatic heterocycles. The summed E-state index contributed by atoms with van der Waals surface area (Å²) in [6, 6.07) is 6.01. The number of amides is 2. The quantitative estimate of drug-likeness (QED) is 0.783. The lowest BCUT2D eigenvalue weighted by Gasteiger charge is -2.11. The monoisotopic (exact) mass is 314 g/mol. The molecule has 0 radical (unpaired) electrons. The molecule has 1 rings (SSSR count). The predicted molar refractivity (Wildman–Crippen MR) is 73.1 cm³/mol. The first-order valence-corrected chi connectivity index (χ1v) is 6.08. The molecule has 1 aromatic carbocycles. The van der Waals surface area contributed by atoms with Gasteiger partial charge >= 0.3 is 6.18 Å². The summed E-state index contributed by atoms with van der Waals surface area (Å²) < 4.78 is 39.9. The number of halogens is 3. The lowest BCUT2D eigenvalue weighted by molar-refractivity contribution is -0.174. The van der Waals surface area contributed by atoms with Gasteiger partial charge in [0.05, 0.1) is 17.8 Å². The molecule has 0 aromatic heterocycles. The van der Waals surface area contributed by atoms with Gasteiger partial charge in [-0.2, -0.15) is 13.2 Å². The van der Waals surface area contributed by atoms with E-state index >= 15 is 0 Å². The number of nitrogens with one attached hydrogen (secondary N) is 2. The molecule has 0 unspecified atom stereocenters. The van der Waals surface area contributed by atoms with E-state index in [1.54, 1.807) is 12.1 Å². The van der Waals surface area contributed by atoms with Gasteiger partial charge in [0.15, 0.2) is 0 Å². The number of rotatable bonds is 6. The van der Waals surface area contributed by atoms with E-state index in [0.717, 1.165) is 0 Å². The molecule has 5 nitrogen and oxygen atoms in total. The van der Waals surface area contributed by atoms with Crippen molar-refractivity contribution in [2.75, 3.05) is 25.1 Å². The Labute approximate surface area is 124 Å². The highest BCUT2D eigenvalue weighted by molar-refractivity contribution is 6.04. The topological polar surface area (TPSA) is 67.4 Å². The number of benzene rings is 1. The molecule has 0 aliphatic rings. The molecule has 0 aliphatic carbocycles. The Morgan fingerprint density at radius 3 is 2.59 bits per heavy atom. The molecule has 0 fully saturated rings. The van der Waals surface area contributed by atoms with E-state index in [-0.39, 0.29) is 17.8 Å². The molecule has 8 heteroatoms. The van der Waals surface area contributed by atoms with Crippen LogP contribution in [0.5, 0.6) is 0 Å². The summed E-state index contributed by atoms with van der Waals surface area (Å²) in [5.74, 6) is 0.911. The zero-order valence-corrected chi connectivity index (χ0v) is 11.4. The van der Waals surface area contributed by atoms with Crippen molar-refractivity contribution in [2.24, 2.45) is 0 Å². The summed E-state index contributed by atoms with van der Waals surface area (Å²) in [5, 5.41) is 4.73. The van der Waals surface area contributed by atoms with Crippen molar-refractivity contribution < 1.29 is 27.5 Å². The van der Waals surface area contributed by atoms with Gasteiger partial charge in [0.25, 0.3) is 5.91 Å². The summed E-state index contributed by atoms with van der Waals surface area (Å²) >= 11 is 0. The Bertz CT molecular complexity index is 579. The van der Waals surface area contributed by atoms with Crippen LogP contribution in [0.2, 0.25) is 0 Å². The molecule has 0 bridgehead atoms. The number of hydrogen-bond donors (Lipinski definition) is 2. The molecule has 118 valence electrons. The fourth-order valence-corrected chi connectivity index (χ4v) is 1.46. The number of carbonyl (C=O) groups is 2. The second kappa shape index (κ2) is 8.05. The van der Waals surface area contributed by atoms with Crippen LogP contribution in [-0.4, -0.2) is 37.7 Å². The number of para-hydroxylation sites is 1. The van der Waals surface area contributed by atoms with Crippen LogP contribution >= 0.6 is 0 Å². The summed E-state index contributed by atoms with van der Waals surface area (Å²) in [7, 11) is 0. The SMILES string of the molecule is C#CCNC(=O)c1ccccc1NC(=O)COCC(F)(F)F. The van der Waals surface area contributed by atoms with Gasteiger partial charge in [0.2, 0.25) is 5.91 Å². The molecular weight excluding hydrogens is 301 g/mol. The fraction of sp³-hybridized carbons (Fsp3) is 0.286. The fourth-order valence-electron chi connectivity index (χ4n) is 1.46. The van der Waals surface area contributed by atoms with Crippen LogP contribution in [-0.2, 0) is 9.53 Å². The van der Waals surface area contributed by atoms with Gasteiger partial charge in [0, 0.05) is 0 Å². The Hall–Kier alpha value is -2.53. The molecule has 0 atom stereocenters. The molecule has 0 spiro atoms. The number of carbonyl (C=O) groups excluding carboxylic acids is 2. The number of terminal acetylenes is 1. The van der Waals surface area contributed by atoms with E-state index in [2.05, 4.69) is 21.3 Å². The number of anilines is 1. The second-order valence-electron chi connectivity index (χ2n) is 4.09. The van der Waals surface area contributed by atoms with E-state index in [1.807, 2.05) is 0 Å². The van der Waals surface area contributed by atoms with Gasteiger partial charge in [0.1, 0.15) is 13.2 Å². The average molecular weight is 314 g/mol. The van der Waals surface area contributed by atoms with E-state index in [1.165, 1.54) is 12.1 Å². The van der Waals surface area contributed by atoms with Crippen LogP contribution in [0.1, 0.15) is 10.4 Å². The number of ether oxygens (including phenoxy) is 1. The third-order valence-electron chi connectivity index (χ3n) is 2.30. The van der Waals surface area contributed by atoms with Crippen molar-refractivity contribution >= 4 is 17.5 Å². The van der Waals surface area contributed by atoms with Crippen LogP contribution in [0.25, 0.3) is 0 Å². The highest BCUT2D eigenvalue weighted by Crippen LogP contribution is 2.16. The lowest BCUT2D eigenvalue weighted by atomic mass is 10.1. The maximum absolute atomic E-state index is 11.9.